The first kappa shape index (κ1) is 12.8. The maximum Gasteiger partial charge on any atom is 0.283 e. The van der Waals surface area contributed by atoms with Crippen LogP contribution in [0.4, 0.5) is 0 Å². The van der Waals surface area contributed by atoms with Gasteiger partial charge in [0.1, 0.15) is 0 Å². The van der Waals surface area contributed by atoms with E-state index in [1.807, 2.05) is 0 Å². The van der Waals surface area contributed by atoms with Crippen molar-refractivity contribution < 1.29 is 5.11 Å². The third kappa shape index (κ3) is 4.00. The molecule has 2 rings (SSSR count). The maximum absolute atomic E-state index is 6.88. The Balaban J connectivity index is 0.000000437. The average Bonchev–Trinajstić information content (AvgIpc) is 2.41. The molecule has 0 unspecified atom stereocenters. The molecule has 86 valence electrons. The zero-order valence-electron chi connectivity index (χ0n) is 9.75. The Kier molecular flexibility index (Phi) is 5.33. The molecule has 0 amide bonds. The second-order valence-electron chi connectivity index (χ2n) is 3.64. The molecule has 0 saturated carbocycles. The van der Waals surface area contributed by atoms with Crippen LogP contribution in [0, 0.1) is 11.5 Å². The van der Waals surface area contributed by atoms with Gasteiger partial charge in [0.05, 0.1) is 0 Å². The summed E-state index contributed by atoms with van der Waals surface area (Å²) in [6.07, 6.45) is 0.750. The molecular formula is C15H15NO. The van der Waals surface area contributed by atoms with E-state index in [4.69, 9.17) is 10.4 Å². The van der Waals surface area contributed by atoms with E-state index in [1.165, 1.54) is 11.1 Å². The van der Waals surface area contributed by atoms with Gasteiger partial charge in [0.25, 0.3) is 6.26 Å². The first-order valence-corrected chi connectivity index (χ1v) is 5.42. The van der Waals surface area contributed by atoms with Crippen molar-refractivity contribution in [3.05, 3.63) is 71.8 Å². The van der Waals surface area contributed by atoms with Crippen LogP contribution in [0.3, 0.4) is 0 Å². The van der Waals surface area contributed by atoms with Gasteiger partial charge < -0.3 is 5.11 Å². The van der Waals surface area contributed by atoms with Gasteiger partial charge in [-0.05, 0) is 11.1 Å². The zero-order valence-corrected chi connectivity index (χ0v) is 9.75. The molecule has 0 aliphatic carbocycles. The van der Waals surface area contributed by atoms with Crippen LogP contribution in [0.5, 0.6) is 0 Å². The van der Waals surface area contributed by atoms with Crippen LogP contribution >= 0.6 is 0 Å². The minimum atomic E-state index is 0.484. The van der Waals surface area contributed by atoms with Crippen LogP contribution in [0.2, 0.25) is 0 Å². The Morgan fingerprint density at radius 3 is 1.47 bits per heavy atom. The van der Waals surface area contributed by atoms with E-state index in [-0.39, 0.29) is 0 Å². The maximum atomic E-state index is 6.88. The van der Waals surface area contributed by atoms with E-state index >= 15 is 0 Å². The Bertz CT molecular complexity index is 420. The fourth-order valence-electron chi connectivity index (χ4n) is 1.68. The van der Waals surface area contributed by atoms with Crippen LogP contribution in [-0.2, 0) is 0 Å². The van der Waals surface area contributed by atoms with Crippen molar-refractivity contribution in [3.8, 4) is 6.26 Å². The van der Waals surface area contributed by atoms with Crippen LogP contribution in [0.1, 0.15) is 24.0 Å². The molecule has 0 aliphatic heterocycles. The van der Waals surface area contributed by atoms with E-state index in [2.05, 4.69) is 67.6 Å². The highest BCUT2D eigenvalue weighted by molar-refractivity contribution is 5.31. The number of aliphatic hydroxyl groups is 1. The molecule has 0 atom stereocenters. The molecule has 0 saturated heterocycles. The lowest BCUT2D eigenvalue weighted by Gasteiger charge is -2.11. The molecule has 1 N–H and O–H groups in total. The number of rotatable bonds is 2. The van der Waals surface area contributed by atoms with Gasteiger partial charge in [-0.1, -0.05) is 67.6 Å². The molecule has 0 aliphatic rings. The molecular weight excluding hydrogens is 210 g/mol. The summed E-state index contributed by atoms with van der Waals surface area (Å²) < 4.78 is 0. The summed E-state index contributed by atoms with van der Waals surface area (Å²) in [6.45, 7) is 2.24. The van der Waals surface area contributed by atoms with Gasteiger partial charge in [-0.3, -0.25) is 0 Å². The molecule has 0 bridgehead atoms. The Morgan fingerprint density at radius 2 is 1.18 bits per heavy atom. The van der Waals surface area contributed by atoms with E-state index in [9.17, 15) is 0 Å². The molecule has 2 aromatic rings. The first-order valence-electron chi connectivity index (χ1n) is 5.42. The van der Waals surface area contributed by atoms with E-state index < -0.39 is 0 Å². The third-order valence-corrected chi connectivity index (χ3v) is 2.60. The van der Waals surface area contributed by atoms with E-state index in [0.29, 0.717) is 5.92 Å². The summed E-state index contributed by atoms with van der Waals surface area (Å²) in [5.41, 5.74) is 2.75. The van der Waals surface area contributed by atoms with Crippen molar-refractivity contribution in [2.24, 2.45) is 0 Å². The predicted octanol–water partition coefficient (Wildman–Crippen LogP) is 3.68. The van der Waals surface area contributed by atoms with Crippen molar-refractivity contribution in [3.63, 3.8) is 0 Å². The molecule has 2 aromatic carbocycles. The quantitative estimate of drug-likeness (QED) is 0.792. The normalized spacial score (nSPS) is 9.00. The Hall–Kier alpha value is -2.27. The van der Waals surface area contributed by atoms with Crippen LogP contribution in [-0.4, -0.2) is 5.11 Å². The summed E-state index contributed by atoms with van der Waals surface area (Å²) >= 11 is 0. The molecule has 0 fully saturated rings. The lowest BCUT2D eigenvalue weighted by atomic mass is 9.93. The topological polar surface area (TPSA) is 44.0 Å². The molecule has 0 aromatic heterocycles. The highest BCUT2D eigenvalue weighted by atomic mass is 16.2. The monoisotopic (exact) mass is 225 g/mol. The van der Waals surface area contributed by atoms with Gasteiger partial charge in [-0.25, -0.2) is 0 Å². The van der Waals surface area contributed by atoms with Gasteiger partial charge in [0, 0.05) is 5.92 Å². The summed E-state index contributed by atoms with van der Waals surface area (Å²) in [4.78, 5) is 0. The summed E-state index contributed by atoms with van der Waals surface area (Å²) in [7, 11) is 0. The highest BCUT2D eigenvalue weighted by Gasteiger charge is 2.05. The second-order valence-corrected chi connectivity index (χ2v) is 3.64. The van der Waals surface area contributed by atoms with E-state index in [1.54, 1.807) is 0 Å². The SMILES string of the molecule is CC(c1ccccc1)c1ccccc1.N#CO. The van der Waals surface area contributed by atoms with Crippen LogP contribution in [0.15, 0.2) is 60.7 Å². The minimum absolute atomic E-state index is 0.484. The van der Waals surface area contributed by atoms with Gasteiger partial charge >= 0.3 is 0 Å². The first-order chi connectivity index (χ1) is 8.29. The average molecular weight is 225 g/mol. The molecule has 2 nitrogen and oxygen atoms in total. The van der Waals surface area contributed by atoms with Gasteiger partial charge in [0.15, 0.2) is 0 Å². The minimum Gasteiger partial charge on any atom is -0.443 e. The molecule has 0 radical (unpaired) electrons. The van der Waals surface area contributed by atoms with Crippen LogP contribution < -0.4 is 0 Å². The van der Waals surface area contributed by atoms with Crippen LogP contribution in [0.25, 0.3) is 0 Å². The van der Waals surface area contributed by atoms with Gasteiger partial charge in [0.2, 0.25) is 0 Å². The third-order valence-electron chi connectivity index (χ3n) is 2.60. The van der Waals surface area contributed by atoms with E-state index in [0.717, 1.165) is 6.26 Å². The molecule has 2 heteroatoms. The Morgan fingerprint density at radius 1 is 0.882 bits per heavy atom. The fourth-order valence-corrected chi connectivity index (χ4v) is 1.68. The van der Waals surface area contributed by atoms with Crippen molar-refractivity contribution in [1.82, 2.24) is 0 Å². The summed E-state index contributed by atoms with van der Waals surface area (Å²) in [5, 5.41) is 13.8. The van der Waals surface area contributed by atoms with Gasteiger partial charge in [-0.15, -0.1) is 0 Å². The van der Waals surface area contributed by atoms with Crippen molar-refractivity contribution >= 4 is 0 Å². The second kappa shape index (κ2) is 7.08. The number of hydrogen-bond donors (Lipinski definition) is 1. The summed E-state index contributed by atoms with van der Waals surface area (Å²) in [5.74, 6) is 0.484. The number of nitriles is 1. The number of hydrogen-bond acceptors (Lipinski definition) is 2. The smallest absolute Gasteiger partial charge is 0.283 e. The molecule has 0 heterocycles. The number of aliphatic hydroxyl groups excluding tert-OH is 1. The van der Waals surface area contributed by atoms with Gasteiger partial charge in [-0.2, -0.15) is 5.26 Å². The summed E-state index contributed by atoms with van der Waals surface area (Å²) in [6, 6.07) is 21.2. The zero-order chi connectivity index (χ0) is 12.5. The predicted molar refractivity (Wildman–Crippen MR) is 67.9 cm³/mol. The molecule has 17 heavy (non-hydrogen) atoms. The lowest BCUT2D eigenvalue weighted by Crippen LogP contribution is -1.94. The standard InChI is InChI=1S/C14H14.CHNO/c1-12(13-8-4-2-5-9-13)14-10-6-3-7-11-14;2-1-3/h2-12H,1H3;3H. The van der Waals surface area contributed by atoms with Crippen molar-refractivity contribution in [1.29, 1.82) is 5.26 Å². The number of nitrogens with zero attached hydrogens (tertiary/aromatic N) is 1. The Labute approximate surface area is 102 Å². The highest BCUT2D eigenvalue weighted by Crippen LogP contribution is 2.22. The lowest BCUT2D eigenvalue weighted by molar-refractivity contribution is 0.503. The number of benzene rings is 2. The largest absolute Gasteiger partial charge is 0.443 e. The van der Waals surface area contributed by atoms with Crippen molar-refractivity contribution in [2.75, 3.05) is 0 Å². The molecule has 0 spiro atoms. The van der Waals surface area contributed by atoms with Crippen molar-refractivity contribution in [2.45, 2.75) is 12.8 Å². The fraction of sp³-hybridized carbons (Fsp3) is 0.133.